The maximum atomic E-state index is 12.2. The topological polar surface area (TPSA) is 58.1 Å². The fourth-order valence-corrected chi connectivity index (χ4v) is 3.93. The molecule has 4 aromatic rings. The van der Waals surface area contributed by atoms with Crippen LogP contribution in [-0.2, 0) is 13.1 Å². The highest BCUT2D eigenvalue weighted by Crippen LogP contribution is 2.18. The summed E-state index contributed by atoms with van der Waals surface area (Å²) in [5, 5.41) is 6.09. The van der Waals surface area contributed by atoms with Crippen molar-refractivity contribution in [1.82, 2.24) is 20.2 Å². The van der Waals surface area contributed by atoms with Crippen molar-refractivity contribution in [2.75, 3.05) is 13.1 Å². The van der Waals surface area contributed by atoms with Crippen LogP contribution in [0.25, 0.3) is 10.9 Å². The van der Waals surface area contributed by atoms with Crippen molar-refractivity contribution < 1.29 is 4.79 Å². The Balaban J connectivity index is 1.48. The fraction of sp³-hybridized carbons (Fsp3) is 0.174. The molecule has 0 aliphatic carbocycles. The average Bonchev–Trinajstić information content (AvgIpc) is 3.30. The van der Waals surface area contributed by atoms with E-state index in [1.54, 1.807) is 0 Å². The van der Waals surface area contributed by atoms with Crippen LogP contribution in [-0.4, -0.2) is 33.9 Å². The first-order chi connectivity index (χ1) is 14.3. The van der Waals surface area contributed by atoms with E-state index in [2.05, 4.69) is 32.3 Å². The Morgan fingerprint density at radius 2 is 1.83 bits per heavy atom. The minimum absolute atomic E-state index is 0.0212. The number of aromatic nitrogens is 2. The molecule has 0 radical (unpaired) electrons. The molecule has 1 aromatic carbocycles. The van der Waals surface area contributed by atoms with Gasteiger partial charge in [-0.15, -0.1) is 11.3 Å². The molecule has 0 saturated carbocycles. The van der Waals surface area contributed by atoms with E-state index < -0.39 is 0 Å². The van der Waals surface area contributed by atoms with Gasteiger partial charge < -0.3 is 5.32 Å². The molecule has 0 bridgehead atoms. The summed E-state index contributed by atoms with van der Waals surface area (Å²) in [4.78, 5) is 24.2. The number of nitrogens with one attached hydrogen (secondary N) is 1. The van der Waals surface area contributed by atoms with Crippen molar-refractivity contribution in [2.24, 2.45) is 0 Å². The van der Waals surface area contributed by atoms with Crippen molar-refractivity contribution in [3.8, 4) is 0 Å². The summed E-state index contributed by atoms with van der Waals surface area (Å²) in [5.41, 5.74) is 3.22. The van der Waals surface area contributed by atoms with Gasteiger partial charge in [-0.3, -0.25) is 19.7 Å². The standard InChI is InChI=1S/C23H22N4OS/c28-23(22-9-5-15-29-22)26-13-14-27(17-19-6-3-4-11-24-19)16-18-10-12-25-21-8-2-1-7-20(18)21/h1-12,15H,13-14,16-17H2,(H,26,28). The number of amides is 1. The summed E-state index contributed by atoms with van der Waals surface area (Å²) in [6.07, 6.45) is 3.67. The molecule has 0 aliphatic rings. The Labute approximate surface area is 174 Å². The molecule has 0 spiro atoms. The molecule has 3 heterocycles. The zero-order valence-electron chi connectivity index (χ0n) is 16.0. The first kappa shape index (κ1) is 19.2. The Morgan fingerprint density at radius 1 is 0.931 bits per heavy atom. The molecule has 0 aliphatic heterocycles. The molecule has 4 rings (SSSR count). The van der Waals surface area contributed by atoms with Crippen LogP contribution in [0.3, 0.4) is 0 Å². The number of hydrogen-bond donors (Lipinski definition) is 1. The maximum Gasteiger partial charge on any atom is 0.261 e. The Bertz CT molecular complexity index is 1060. The number of benzene rings is 1. The van der Waals surface area contributed by atoms with Crippen LogP contribution in [0, 0.1) is 0 Å². The summed E-state index contributed by atoms with van der Waals surface area (Å²) in [7, 11) is 0. The van der Waals surface area contributed by atoms with Crippen molar-refractivity contribution in [3.05, 3.63) is 94.6 Å². The van der Waals surface area contributed by atoms with Gasteiger partial charge in [-0.25, -0.2) is 0 Å². The van der Waals surface area contributed by atoms with Crippen molar-refractivity contribution >= 4 is 28.1 Å². The number of para-hydroxylation sites is 1. The Hall–Kier alpha value is -3.09. The number of carbonyl (C=O) groups is 1. The van der Waals surface area contributed by atoms with Crippen molar-refractivity contribution in [3.63, 3.8) is 0 Å². The lowest BCUT2D eigenvalue weighted by molar-refractivity contribution is 0.0951. The average molecular weight is 403 g/mol. The van der Waals surface area contributed by atoms with Crippen molar-refractivity contribution in [1.29, 1.82) is 0 Å². The second-order valence-electron chi connectivity index (χ2n) is 6.75. The number of pyridine rings is 2. The van der Waals surface area contributed by atoms with E-state index in [1.807, 2.05) is 66.3 Å². The number of nitrogens with zero attached hydrogens (tertiary/aromatic N) is 3. The summed E-state index contributed by atoms with van der Waals surface area (Å²) in [6, 6.07) is 19.9. The second kappa shape index (κ2) is 9.41. The van der Waals surface area contributed by atoms with Gasteiger partial charge in [0.15, 0.2) is 0 Å². The van der Waals surface area contributed by atoms with Gasteiger partial charge in [0, 0.05) is 44.0 Å². The first-order valence-corrected chi connectivity index (χ1v) is 10.4. The zero-order valence-corrected chi connectivity index (χ0v) is 16.8. The van der Waals surface area contributed by atoms with Crippen LogP contribution in [0.5, 0.6) is 0 Å². The molecular weight excluding hydrogens is 380 g/mol. The Morgan fingerprint density at radius 3 is 2.66 bits per heavy atom. The number of rotatable bonds is 8. The van der Waals surface area contributed by atoms with Crippen LogP contribution in [0.4, 0.5) is 0 Å². The third-order valence-corrected chi connectivity index (χ3v) is 5.57. The van der Waals surface area contributed by atoms with E-state index >= 15 is 0 Å². The highest BCUT2D eigenvalue weighted by atomic mass is 32.1. The number of thiophene rings is 1. The molecule has 29 heavy (non-hydrogen) atoms. The first-order valence-electron chi connectivity index (χ1n) is 9.56. The van der Waals surface area contributed by atoms with Crippen LogP contribution in [0.2, 0.25) is 0 Å². The molecule has 5 nitrogen and oxygen atoms in total. The van der Waals surface area contributed by atoms with Crippen LogP contribution in [0.15, 0.2) is 78.4 Å². The summed E-state index contributed by atoms with van der Waals surface area (Å²) in [6.45, 7) is 2.78. The van der Waals surface area contributed by atoms with Crippen LogP contribution >= 0.6 is 11.3 Å². The second-order valence-corrected chi connectivity index (χ2v) is 7.70. The molecule has 6 heteroatoms. The lowest BCUT2D eigenvalue weighted by Crippen LogP contribution is -2.34. The van der Waals surface area contributed by atoms with Gasteiger partial charge in [0.25, 0.3) is 5.91 Å². The van der Waals surface area contributed by atoms with Gasteiger partial charge in [0.05, 0.1) is 16.1 Å². The normalized spacial score (nSPS) is 11.1. The molecule has 0 unspecified atom stereocenters. The maximum absolute atomic E-state index is 12.2. The zero-order chi connectivity index (χ0) is 19.9. The smallest absolute Gasteiger partial charge is 0.261 e. The highest BCUT2D eigenvalue weighted by Gasteiger charge is 2.12. The molecule has 146 valence electrons. The third kappa shape index (κ3) is 5.04. The molecule has 0 fully saturated rings. The fourth-order valence-electron chi connectivity index (χ4n) is 3.29. The van der Waals surface area contributed by atoms with Crippen molar-refractivity contribution in [2.45, 2.75) is 13.1 Å². The van der Waals surface area contributed by atoms with E-state index in [0.29, 0.717) is 13.1 Å². The third-order valence-electron chi connectivity index (χ3n) is 4.70. The quantitative estimate of drug-likeness (QED) is 0.482. The van der Waals surface area contributed by atoms with Gasteiger partial charge in [0.2, 0.25) is 0 Å². The minimum Gasteiger partial charge on any atom is -0.350 e. The van der Waals surface area contributed by atoms with E-state index in [9.17, 15) is 4.79 Å². The Kier molecular flexibility index (Phi) is 6.24. The summed E-state index contributed by atoms with van der Waals surface area (Å²) < 4.78 is 0. The van der Waals surface area contributed by atoms with Gasteiger partial charge >= 0.3 is 0 Å². The predicted octanol–water partition coefficient (Wildman–Crippen LogP) is 4.12. The van der Waals surface area contributed by atoms with Gasteiger partial charge in [0.1, 0.15) is 0 Å². The van der Waals surface area contributed by atoms with E-state index in [0.717, 1.165) is 34.6 Å². The lowest BCUT2D eigenvalue weighted by Gasteiger charge is -2.23. The minimum atomic E-state index is -0.0212. The van der Waals surface area contributed by atoms with Crippen LogP contribution < -0.4 is 5.32 Å². The molecular formula is C23H22N4OS. The van der Waals surface area contributed by atoms with Gasteiger partial charge in [-0.05, 0) is 41.3 Å². The molecule has 0 atom stereocenters. The van der Waals surface area contributed by atoms with E-state index in [4.69, 9.17) is 0 Å². The number of fused-ring (bicyclic) bond motifs is 1. The van der Waals surface area contributed by atoms with Crippen LogP contribution in [0.1, 0.15) is 20.9 Å². The van der Waals surface area contributed by atoms with E-state index in [1.165, 1.54) is 16.9 Å². The highest BCUT2D eigenvalue weighted by molar-refractivity contribution is 7.12. The summed E-state index contributed by atoms with van der Waals surface area (Å²) in [5.74, 6) is -0.0212. The van der Waals surface area contributed by atoms with Gasteiger partial charge in [-0.1, -0.05) is 30.3 Å². The molecule has 3 aromatic heterocycles. The predicted molar refractivity (Wildman–Crippen MR) is 117 cm³/mol. The largest absolute Gasteiger partial charge is 0.350 e. The van der Waals surface area contributed by atoms with Gasteiger partial charge in [-0.2, -0.15) is 0 Å². The lowest BCUT2D eigenvalue weighted by atomic mass is 10.1. The number of carbonyl (C=O) groups excluding carboxylic acids is 1. The van der Waals surface area contributed by atoms with E-state index in [-0.39, 0.29) is 5.91 Å². The molecule has 1 N–H and O–H groups in total. The number of hydrogen-bond acceptors (Lipinski definition) is 5. The molecule has 0 saturated heterocycles. The SMILES string of the molecule is O=C(NCCN(Cc1ccccn1)Cc1ccnc2ccccc12)c1cccs1. The summed E-state index contributed by atoms with van der Waals surface area (Å²) >= 11 is 1.45. The molecule has 1 amide bonds. The monoisotopic (exact) mass is 402 g/mol.